The number of nitrogens with zero attached hydrogens (tertiary/aromatic N) is 1. The molecule has 2 heteroatoms. The molecule has 3 atom stereocenters. The Balaban J connectivity index is 1.97. The molecule has 2 aliphatic rings. The van der Waals surface area contributed by atoms with Gasteiger partial charge in [0.15, 0.2) is 0 Å². The molecule has 0 radical (unpaired) electrons. The van der Waals surface area contributed by atoms with Crippen molar-refractivity contribution in [2.75, 3.05) is 13.1 Å². The fraction of sp³-hybridized carbons (Fsp3) is 1.00. The first-order valence-corrected chi connectivity index (χ1v) is 6.25. The van der Waals surface area contributed by atoms with Crippen molar-refractivity contribution in [2.45, 2.75) is 57.6 Å². The molecule has 0 aromatic heterocycles. The molecule has 0 bridgehead atoms. The molecule has 1 aliphatic carbocycles. The van der Waals surface area contributed by atoms with Crippen LogP contribution in [0.2, 0.25) is 0 Å². The first-order valence-electron chi connectivity index (χ1n) is 6.25. The minimum Gasteiger partial charge on any atom is -0.393 e. The van der Waals surface area contributed by atoms with Gasteiger partial charge >= 0.3 is 0 Å². The predicted octanol–water partition coefficient (Wildman–Crippen LogP) is 2.02. The smallest absolute Gasteiger partial charge is 0.0583 e. The van der Waals surface area contributed by atoms with Crippen LogP contribution in [0.5, 0.6) is 0 Å². The zero-order valence-corrected chi connectivity index (χ0v) is 9.28. The van der Waals surface area contributed by atoms with Crippen LogP contribution in [0.4, 0.5) is 0 Å². The molecule has 1 N–H and O–H groups in total. The quantitative estimate of drug-likeness (QED) is 0.732. The second-order valence-electron chi connectivity index (χ2n) is 4.85. The van der Waals surface area contributed by atoms with Gasteiger partial charge in [-0.05, 0) is 38.8 Å². The molecule has 3 unspecified atom stereocenters. The van der Waals surface area contributed by atoms with Gasteiger partial charge in [0.05, 0.1) is 6.10 Å². The van der Waals surface area contributed by atoms with Gasteiger partial charge in [-0.25, -0.2) is 0 Å². The lowest BCUT2D eigenvalue weighted by Crippen LogP contribution is -2.42. The monoisotopic (exact) mass is 197 g/mol. The van der Waals surface area contributed by atoms with Crippen LogP contribution in [0.25, 0.3) is 0 Å². The lowest BCUT2D eigenvalue weighted by molar-refractivity contribution is 0.0235. The summed E-state index contributed by atoms with van der Waals surface area (Å²) in [5, 5.41) is 10.0. The van der Waals surface area contributed by atoms with E-state index in [0.717, 1.165) is 13.0 Å². The van der Waals surface area contributed by atoms with Crippen molar-refractivity contribution in [3.8, 4) is 0 Å². The van der Waals surface area contributed by atoms with E-state index in [1.165, 1.54) is 38.6 Å². The summed E-state index contributed by atoms with van der Waals surface area (Å²) in [5.74, 6) is 0.575. The normalized spacial score (nSPS) is 40.3. The molecule has 2 nitrogen and oxygen atoms in total. The highest BCUT2D eigenvalue weighted by Crippen LogP contribution is 2.34. The third-order valence-electron chi connectivity index (χ3n) is 4.10. The Hall–Kier alpha value is -0.0800. The molecule has 1 saturated heterocycles. The van der Waals surface area contributed by atoms with Gasteiger partial charge in [0.1, 0.15) is 0 Å². The average molecular weight is 197 g/mol. The molecule has 1 aliphatic heterocycles. The van der Waals surface area contributed by atoms with Crippen molar-refractivity contribution >= 4 is 0 Å². The van der Waals surface area contributed by atoms with Crippen molar-refractivity contribution < 1.29 is 5.11 Å². The summed E-state index contributed by atoms with van der Waals surface area (Å²) in [6.45, 7) is 4.66. The SMILES string of the molecule is CCN1CCCC1C1CCCCC1O. The number of likely N-dealkylation sites (tertiary alicyclic amines) is 1. The Bertz CT molecular complexity index is 183. The summed E-state index contributed by atoms with van der Waals surface area (Å²) in [7, 11) is 0. The van der Waals surface area contributed by atoms with Gasteiger partial charge in [-0.15, -0.1) is 0 Å². The molecule has 0 aromatic rings. The fourth-order valence-electron chi connectivity index (χ4n) is 3.32. The van der Waals surface area contributed by atoms with E-state index >= 15 is 0 Å². The Labute approximate surface area is 87.3 Å². The van der Waals surface area contributed by atoms with E-state index in [2.05, 4.69) is 11.8 Å². The summed E-state index contributed by atoms with van der Waals surface area (Å²) in [4.78, 5) is 2.57. The number of hydrogen-bond acceptors (Lipinski definition) is 2. The van der Waals surface area contributed by atoms with Gasteiger partial charge in [0.2, 0.25) is 0 Å². The van der Waals surface area contributed by atoms with Crippen molar-refractivity contribution in [3.05, 3.63) is 0 Å². The van der Waals surface area contributed by atoms with Crippen molar-refractivity contribution in [1.29, 1.82) is 0 Å². The van der Waals surface area contributed by atoms with Crippen LogP contribution in [0.15, 0.2) is 0 Å². The summed E-state index contributed by atoms with van der Waals surface area (Å²) in [5.41, 5.74) is 0. The number of rotatable bonds is 2. The maximum absolute atomic E-state index is 10.0. The molecule has 0 aromatic carbocycles. The van der Waals surface area contributed by atoms with E-state index in [0.29, 0.717) is 12.0 Å². The molecule has 2 fully saturated rings. The summed E-state index contributed by atoms with van der Waals surface area (Å²) in [6, 6.07) is 0.690. The third-order valence-corrected chi connectivity index (χ3v) is 4.10. The summed E-state index contributed by atoms with van der Waals surface area (Å²) in [6.07, 6.45) is 7.49. The van der Waals surface area contributed by atoms with Crippen LogP contribution in [-0.4, -0.2) is 35.2 Å². The van der Waals surface area contributed by atoms with Gasteiger partial charge in [0.25, 0.3) is 0 Å². The van der Waals surface area contributed by atoms with Gasteiger partial charge in [0, 0.05) is 12.0 Å². The fourth-order valence-corrected chi connectivity index (χ4v) is 3.32. The molecule has 2 rings (SSSR count). The standard InChI is InChI=1S/C12H23NO/c1-2-13-9-5-7-11(13)10-6-3-4-8-12(10)14/h10-12,14H,2-9H2,1H3. The van der Waals surface area contributed by atoms with Gasteiger partial charge in [-0.2, -0.15) is 0 Å². The Morgan fingerprint density at radius 1 is 1.14 bits per heavy atom. The van der Waals surface area contributed by atoms with Crippen molar-refractivity contribution in [1.82, 2.24) is 4.90 Å². The van der Waals surface area contributed by atoms with Crippen LogP contribution in [0, 0.1) is 5.92 Å². The molecular weight excluding hydrogens is 174 g/mol. The van der Waals surface area contributed by atoms with Crippen LogP contribution >= 0.6 is 0 Å². The maximum atomic E-state index is 10.0. The molecular formula is C12H23NO. The van der Waals surface area contributed by atoms with E-state index in [-0.39, 0.29) is 6.10 Å². The van der Waals surface area contributed by atoms with Crippen LogP contribution in [-0.2, 0) is 0 Å². The van der Waals surface area contributed by atoms with Crippen LogP contribution in [0.3, 0.4) is 0 Å². The van der Waals surface area contributed by atoms with Gasteiger partial charge < -0.3 is 10.0 Å². The predicted molar refractivity (Wildman–Crippen MR) is 58.2 cm³/mol. The van der Waals surface area contributed by atoms with Crippen molar-refractivity contribution in [2.24, 2.45) is 5.92 Å². The highest BCUT2D eigenvalue weighted by atomic mass is 16.3. The Morgan fingerprint density at radius 2 is 1.93 bits per heavy atom. The molecule has 14 heavy (non-hydrogen) atoms. The van der Waals surface area contributed by atoms with E-state index < -0.39 is 0 Å². The highest BCUT2D eigenvalue weighted by Gasteiger charge is 2.35. The first kappa shape index (κ1) is 10.4. The van der Waals surface area contributed by atoms with Crippen molar-refractivity contribution in [3.63, 3.8) is 0 Å². The third kappa shape index (κ3) is 1.96. The Kier molecular flexibility index (Phi) is 3.45. The van der Waals surface area contributed by atoms with Crippen LogP contribution in [0.1, 0.15) is 45.4 Å². The Morgan fingerprint density at radius 3 is 2.64 bits per heavy atom. The zero-order valence-electron chi connectivity index (χ0n) is 9.28. The second kappa shape index (κ2) is 4.63. The lowest BCUT2D eigenvalue weighted by atomic mass is 9.80. The minimum atomic E-state index is -0.0131. The lowest BCUT2D eigenvalue weighted by Gasteiger charge is -2.36. The van der Waals surface area contributed by atoms with E-state index in [1.807, 2.05) is 0 Å². The number of aliphatic hydroxyl groups is 1. The number of hydrogen-bond donors (Lipinski definition) is 1. The number of aliphatic hydroxyl groups excluding tert-OH is 1. The average Bonchev–Trinajstić information content (AvgIpc) is 2.66. The maximum Gasteiger partial charge on any atom is 0.0583 e. The van der Waals surface area contributed by atoms with Gasteiger partial charge in [-0.3, -0.25) is 0 Å². The second-order valence-corrected chi connectivity index (χ2v) is 4.85. The van der Waals surface area contributed by atoms with Crippen LogP contribution < -0.4 is 0 Å². The molecule has 0 spiro atoms. The largest absolute Gasteiger partial charge is 0.393 e. The minimum absolute atomic E-state index is 0.0131. The summed E-state index contributed by atoms with van der Waals surface area (Å²) < 4.78 is 0. The first-order chi connectivity index (χ1) is 6.83. The summed E-state index contributed by atoms with van der Waals surface area (Å²) >= 11 is 0. The molecule has 1 heterocycles. The highest BCUT2D eigenvalue weighted by molar-refractivity contribution is 4.89. The molecule has 0 amide bonds. The topological polar surface area (TPSA) is 23.5 Å². The molecule has 82 valence electrons. The zero-order chi connectivity index (χ0) is 9.97. The van der Waals surface area contributed by atoms with Gasteiger partial charge in [-0.1, -0.05) is 19.8 Å². The molecule has 1 saturated carbocycles. The van der Waals surface area contributed by atoms with E-state index in [4.69, 9.17) is 0 Å². The van der Waals surface area contributed by atoms with E-state index in [1.54, 1.807) is 0 Å². The van der Waals surface area contributed by atoms with E-state index in [9.17, 15) is 5.11 Å².